The van der Waals surface area contributed by atoms with Crippen LogP contribution in [0.2, 0.25) is 6.32 Å². The maximum absolute atomic E-state index is 9.56. The normalized spacial score (nSPS) is 7.33. The van der Waals surface area contributed by atoms with Gasteiger partial charge >= 0.3 is 0 Å². The molecule has 0 aromatic heterocycles. The molecule has 0 N–H and O–H groups in total. The van der Waals surface area contributed by atoms with Crippen molar-refractivity contribution in [3.63, 3.8) is 0 Å². The van der Waals surface area contributed by atoms with Crippen LogP contribution in [0.1, 0.15) is 0 Å². The number of allylic oxidation sites excluding steroid dienone is 1. The average Bonchev–Trinajstić information content (AvgIpc) is 1.65. The standard InChI is InChI=1S/C4H5BO/c1-4(2-5)3-6/h3H,1-2H2. The Morgan fingerprint density at radius 3 is 2.50 bits per heavy atom. The summed E-state index contributed by atoms with van der Waals surface area (Å²) >= 11 is 0. The van der Waals surface area contributed by atoms with Gasteiger partial charge in [0.2, 0.25) is 0 Å². The summed E-state index contributed by atoms with van der Waals surface area (Å²) in [5.74, 6) is 0. The highest BCUT2D eigenvalue weighted by Gasteiger charge is 1.77. The fourth-order valence-electron chi connectivity index (χ4n) is 0.0481. The Morgan fingerprint density at radius 1 is 2.00 bits per heavy atom. The molecule has 0 saturated carbocycles. The smallest absolute Gasteiger partial charge is 0.144 e. The first-order valence-corrected chi connectivity index (χ1v) is 1.64. The van der Waals surface area contributed by atoms with Crippen LogP contribution in [0.3, 0.4) is 0 Å². The van der Waals surface area contributed by atoms with E-state index in [1.54, 1.807) is 0 Å². The molecule has 0 bridgehead atoms. The lowest BCUT2D eigenvalue weighted by molar-refractivity contribution is -0.104. The molecular formula is C4H5BO. The molecule has 0 aromatic rings. The fraction of sp³-hybridized carbons (Fsp3) is 0.250. The molecule has 0 spiro atoms. The SMILES string of the molecule is [B]CC(=C)C=O. The van der Waals surface area contributed by atoms with Gasteiger partial charge in [0.1, 0.15) is 6.29 Å². The van der Waals surface area contributed by atoms with Crippen molar-refractivity contribution in [2.75, 3.05) is 0 Å². The quantitative estimate of drug-likeness (QED) is 0.265. The van der Waals surface area contributed by atoms with Crippen molar-refractivity contribution >= 4 is 14.1 Å². The van der Waals surface area contributed by atoms with Gasteiger partial charge in [-0.05, 0) is 5.57 Å². The average molecular weight is 79.9 g/mol. The molecule has 0 heterocycles. The Kier molecular flexibility index (Phi) is 2.46. The summed E-state index contributed by atoms with van der Waals surface area (Å²) in [6, 6.07) is 0. The second-order valence-corrected chi connectivity index (χ2v) is 0.980. The third kappa shape index (κ3) is 1.76. The highest BCUT2D eigenvalue weighted by atomic mass is 16.1. The molecule has 0 aliphatic rings. The molecule has 0 aliphatic carbocycles. The first-order valence-electron chi connectivity index (χ1n) is 1.64. The summed E-state index contributed by atoms with van der Waals surface area (Å²) in [6.45, 7) is 3.30. The van der Waals surface area contributed by atoms with Gasteiger partial charge in [-0.2, -0.15) is 0 Å². The van der Waals surface area contributed by atoms with E-state index in [1.807, 2.05) is 0 Å². The number of hydrogen-bond acceptors (Lipinski definition) is 1. The summed E-state index contributed by atoms with van der Waals surface area (Å²) in [6.07, 6.45) is 0.920. The molecule has 0 rings (SSSR count). The maximum Gasteiger partial charge on any atom is 0.144 e. The first kappa shape index (κ1) is 5.47. The van der Waals surface area contributed by atoms with E-state index in [-0.39, 0.29) is 6.32 Å². The van der Waals surface area contributed by atoms with Crippen LogP contribution < -0.4 is 0 Å². The van der Waals surface area contributed by atoms with Crippen molar-refractivity contribution < 1.29 is 4.79 Å². The van der Waals surface area contributed by atoms with E-state index in [2.05, 4.69) is 6.58 Å². The van der Waals surface area contributed by atoms with Gasteiger partial charge in [-0.3, -0.25) is 4.79 Å². The number of carbonyl (C=O) groups is 1. The van der Waals surface area contributed by atoms with Gasteiger partial charge in [-0.25, -0.2) is 0 Å². The van der Waals surface area contributed by atoms with Crippen LogP contribution in [-0.4, -0.2) is 14.1 Å². The van der Waals surface area contributed by atoms with Crippen LogP contribution >= 0.6 is 0 Å². The molecule has 2 heteroatoms. The van der Waals surface area contributed by atoms with E-state index < -0.39 is 0 Å². The van der Waals surface area contributed by atoms with Crippen molar-refractivity contribution in [1.29, 1.82) is 0 Å². The van der Waals surface area contributed by atoms with Crippen molar-refractivity contribution in [2.24, 2.45) is 0 Å². The van der Waals surface area contributed by atoms with E-state index in [0.29, 0.717) is 11.9 Å². The molecule has 0 amide bonds. The zero-order valence-corrected chi connectivity index (χ0v) is 3.48. The number of aldehydes is 1. The van der Waals surface area contributed by atoms with Crippen LogP contribution in [0.25, 0.3) is 0 Å². The molecule has 6 heavy (non-hydrogen) atoms. The Labute approximate surface area is 38.5 Å². The minimum atomic E-state index is 0.267. The summed E-state index contributed by atoms with van der Waals surface area (Å²) in [5, 5.41) is 0. The predicted octanol–water partition coefficient (Wildman–Crippen LogP) is 0.328. The summed E-state index contributed by atoms with van der Waals surface area (Å²) in [4.78, 5) is 9.56. The molecular weight excluding hydrogens is 74.9 g/mol. The third-order valence-electron chi connectivity index (χ3n) is 0.429. The Balaban J connectivity index is 3.23. The van der Waals surface area contributed by atoms with Crippen molar-refractivity contribution in [2.45, 2.75) is 6.32 Å². The molecule has 0 aromatic carbocycles. The summed E-state index contributed by atoms with van der Waals surface area (Å²) in [7, 11) is 4.95. The second-order valence-electron chi connectivity index (χ2n) is 0.980. The van der Waals surface area contributed by atoms with Gasteiger partial charge < -0.3 is 0 Å². The minimum absolute atomic E-state index is 0.267. The zero-order valence-electron chi connectivity index (χ0n) is 3.48. The van der Waals surface area contributed by atoms with Crippen LogP contribution in [0.15, 0.2) is 12.2 Å². The largest absolute Gasteiger partial charge is 0.298 e. The van der Waals surface area contributed by atoms with E-state index in [9.17, 15) is 4.79 Å². The van der Waals surface area contributed by atoms with Crippen LogP contribution in [0.4, 0.5) is 0 Å². The van der Waals surface area contributed by atoms with E-state index >= 15 is 0 Å². The Bertz CT molecular complexity index is 67.9. The number of hydrogen-bond donors (Lipinski definition) is 0. The molecule has 30 valence electrons. The van der Waals surface area contributed by atoms with Gasteiger partial charge in [0.15, 0.2) is 0 Å². The van der Waals surface area contributed by atoms with Gasteiger partial charge in [-0.15, -0.1) is 0 Å². The van der Waals surface area contributed by atoms with E-state index in [4.69, 9.17) is 7.85 Å². The third-order valence-corrected chi connectivity index (χ3v) is 0.429. The lowest BCUT2D eigenvalue weighted by Gasteiger charge is -1.79. The molecule has 0 saturated heterocycles. The molecule has 0 aliphatic heterocycles. The minimum Gasteiger partial charge on any atom is -0.298 e. The summed E-state index contributed by atoms with van der Waals surface area (Å²) in [5.41, 5.74) is 0.440. The summed E-state index contributed by atoms with van der Waals surface area (Å²) < 4.78 is 0. The number of carbonyl (C=O) groups excluding carboxylic acids is 1. The second kappa shape index (κ2) is 2.70. The van der Waals surface area contributed by atoms with Gasteiger partial charge in [-0.1, -0.05) is 12.9 Å². The molecule has 2 radical (unpaired) electrons. The predicted molar refractivity (Wildman–Crippen MR) is 25.8 cm³/mol. The van der Waals surface area contributed by atoms with Gasteiger partial charge in [0.25, 0.3) is 0 Å². The molecule has 0 atom stereocenters. The van der Waals surface area contributed by atoms with Crippen LogP contribution in [0.5, 0.6) is 0 Å². The Morgan fingerprint density at radius 2 is 2.50 bits per heavy atom. The van der Waals surface area contributed by atoms with Crippen molar-refractivity contribution in [3.05, 3.63) is 12.2 Å². The maximum atomic E-state index is 9.56. The van der Waals surface area contributed by atoms with Crippen LogP contribution in [-0.2, 0) is 4.79 Å². The lowest BCUT2D eigenvalue weighted by atomic mass is 9.99. The lowest BCUT2D eigenvalue weighted by Crippen LogP contribution is -1.76. The molecule has 1 nitrogen and oxygen atoms in total. The Hall–Kier alpha value is -0.525. The highest BCUT2D eigenvalue weighted by Crippen LogP contribution is 1.84. The van der Waals surface area contributed by atoms with Gasteiger partial charge in [0, 0.05) is 0 Å². The van der Waals surface area contributed by atoms with Crippen molar-refractivity contribution in [1.82, 2.24) is 0 Å². The molecule has 0 unspecified atom stereocenters. The zero-order chi connectivity index (χ0) is 4.99. The van der Waals surface area contributed by atoms with E-state index in [1.165, 1.54) is 0 Å². The van der Waals surface area contributed by atoms with Crippen molar-refractivity contribution in [3.8, 4) is 0 Å². The van der Waals surface area contributed by atoms with Crippen LogP contribution in [0, 0.1) is 0 Å². The monoisotopic (exact) mass is 80.0 g/mol. The highest BCUT2D eigenvalue weighted by molar-refractivity contribution is 6.12. The number of rotatable bonds is 2. The van der Waals surface area contributed by atoms with Gasteiger partial charge in [0.05, 0.1) is 7.85 Å². The topological polar surface area (TPSA) is 17.1 Å². The fourth-order valence-corrected chi connectivity index (χ4v) is 0.0481. The first-order chi connectivity index (χ1) is 2.81. The van der Waals surface area contributed by atoms with E-state index in [0.717, 1.165) is 0 Å². The molecule has 0 fully saturated rings.